The van der Waals surface area contributed by atoms with Gasteiger partial charge in [-0.3, -0.25) is 9.69 Å². The second-order valence-electron chi connectivity index (χ2n) is 6.69. The molecule has 2 aliphatic rings. The number of amides is 1. The van der Waals surface area contributed by atoms with Gasteiger partial charge in [0, 0.05) is 36.4 Å². The fourth-order valence-electron chi connectivity index (χ4n) is 3.83. The summed E-state index contributed by atoms with van der Waals surface area (Å²) in [5.74, 6) is -0.0109. The van der Waals surface area contributed by atoms with E-state index in [1.54, 1.807) is 24.3 Å². The van der Waals surface area contributed by atoms with Crippen molar-refractivity contribution >= 4 is 11.6 Å². The van der Waals surface area contributed by atoms with Crippen LogP contribution in [0, 0.1) is 0 Å². The van der Waals surface area contributed by atoms with Crippen molar-refractivity contribution in [3.63, 3.8) is 0 Å². The molecule has 126 valence electrons. The number of ether oxygens (including phenoxy) is 1. The average Bonchev–Trinajstić information content (AvgIpc) is 2.62. The Labute approximate surface area is 138 Å². The van der Waals surface area contributed by atoms with Crippen LogP contribution in [-0.4, -0.2) is 49.2 Å². The van der Waals surface area contributed by atoms with Crippen LogP contribution in [0.25, 0.3) is 0 Å². The predicted octanol–water partition coefficient (Wildman–Crippen LogP) is 2.03. The molecule has 3 N–H and O–H groups in total. The molecule has 23 heavy (non-hydrogen) atoms. The van der Waals surface area contributed by atoms with Gasteiger partial charge >= 0.3 is 0 Å². The minimum atomic E-state index is -0.0109. The molecule has 1 heterocycles. The van der Waals surface area contributed by atoms with Crippen molar-refractivity contribution in [2.24, 2.45) is 0 Å². The van der Waals surface area contributed by atoms with Gasteiger partial charge in [0.15, 0.2) is 0 Å². The van der Waals surface area contributed by atoms with E-state index in [0.717, 1.165) is 45.7 Å². The minimum Gasteiger partial charge on any atom is -0.399 e. The first-order valence-corrected chi connectivity index (χ1v) is 8.66. The van der Waals surface area contributed by atoms with E-state index in [1.807, 2.05) is 0 Å². The summed E-state index contributed by atoms with van der Waals surface area (Å²) in [6.07, 6.45) is 6.12. The first-order valence-electron chi connectivity index (χ1n) is 8.66. The van der Waals surface area contributed by atoms with Crippen molar-refractivity contribution in [1.29, 1.82) is 0 Å². The Morgan fingerprint density at radius 2 is 1.78 bits per heavy atom. The number of carbonyl (C=O) groups excluding carboxylic acids is 1. The van der Waals surface area contributed by atoms with Gasteiger partial charge in [0.1, 0.15) is 0 Å². The summed E-state index contributed by atoms with van der Waals surface area (Å²) in [4.78, 5) is 15.0. The molecule has 3 rings (SSSR count). The van der Waals surface area contributed by atoms with E-state index in [2.05, 4.69) is 10.2 Å². The number of hydrogen-bond donors (Lipinski definition) is 2. The van der Waals surface area contributed by atoms with Crippen LogP contribution in [0.15, 0.2) is 24.3 Å². The Balaban J connectivity index is 1.66. The van der Waals surface area contributed by atoms with E-state index in [0.29, 0.717) is 11.3 Å². The third-order valence-corrected chi connectivity index (χ3v) is 5.22. The first-order chi connectivity index (χ1) is 11.2. The SMILES string of the molecule is Nc1ccc(C(=O)NCC2(N3CCOCC3)CCCCC2)cc1. The van der Waals surface area contributed by atoms with E-state index in [9.17, 15) is 4.79 Å². The molecule has 1 amide bonds. The minimum absolute atomic E-state index is 0.0109. The number of anilines is 1. The van der Waals surface area contributed by atoms with Gasteiger partial charge in [-0.25, -0.2) is 0 Å². The Morgan fingerprint density at radius 3 is 2.43 bits per heavy atom. The number of nitrogens with one attached hydrogen (secondary N) is 1. The molecule has 1 aliphatic carbocycles. The predicted molar refractivity (Wildman–Crippen MR) is 91.4 cm³/mol. The van der Waals surface area contributed by atoms with Crippen LogP contribution in [-0.2, 0) is 4.74 Å². The standard InChI is InChI=1S/C18H27N3O2/c19-16-6-4-15(5-7-16)17(22)20-14-18(8-2-1-3-9-18)21-10-12-23-13-11-21/h4-7H,1-3,8-14,19H2,(H,20,22). The molecular weight excluding hydrogens is 290 g/mol. The highest BCUT2D eigenvalue weighted by atomic mass is 16.5. The molecule has 1 saturated carbocycles. The summed E-state index contributed by atoms with van der Waals surface area (Å²) in [7, 11) is 0. The third kappa shape index (κ3) is 3.85. The van der Waals surface area contributed by atoms with Crippen LogP contribution in [0.4, 0.5) is 5.69 Å². The third-order valence-electron chi connectivity index (χ3n) is 5.22. The summed E-state index contributed by atoms with van der Waals surface area (Å²) in [5.41, 5.74) is 7.14. The van der Waals surface area contributed by atoms with Gasteiger partial charge in [0.05, 0.1) is 13.2 Å². The molecule has 2 fully saturated rings. The van der Waals surface area contributed by atoms with Gasteiger partial charge in [-0.1, -0.05) is 19.3 Å². The number of rotatable bonds is 4. The van der Waals surface area contributed by atoms with Crippen LogP contribution in [0.5, 0.6) is 0 Å². The smallest absolute Gasteiger partial charge is 0.251 e. The maximum absolute atomic E-state index is 12.4. The van der Waals surface area contributed by atoms with Crippen LogP contribution >= 0.6 is 0 Å². The van der Waals surface area contributed by atoms with Crippen molar-refractivity contribution in [3.05, 3.63) is 29.8 Å². The lowest BCUT2D eigenvalue weighted by Gasteiger charge is -2.48. The highest BCUT2D eigenvalue weighted by molar-refractivity contribution is 5.94. The lowest BCUT2D eigenvalue weighted by molar-refractivity contribution is -0.0361. The molecule has 0 spiro atoms. The molecule has 0 aromatic heterocycles. The van der Waals surface area contributed by atoms with Gasteiger partial charge in [-0.05, 0) is 37.1 Å². The van der Waals surface area contributed by atoms with E-state index < -0.39 is 0 Å². The highest BCUT2D eigenvalue weighted by Crippen LogP contribution is 2.33. The molecule has 1 aromatic rings. The molecule has 1 aromatic carbocycles. The first kappa shape index (κ1) is 16.3. The van der Waals surface area contributed by atoms with Crippen molar-refractivity contribution in [2.75, 3.05) is 38.6 Å². The van der Waals surface area contributed by atoms with Crippen LogP contribution in [0.1, 0.15) is 42.5 Å². The van der Waals surface area contributed by atoms with E-state index in [-0.39, 0.29) is 11.4 Å². The average molecular weight is 317 g/mol. The molecule has 0 atom stereocenters. The van der Waals surface area contributed by atoms with Gasteiger partial charge in [0.25, 0.3) is 5.91 Å². The number of morpholine rings is 1. The van der Waals surface area contributed by atoms with Crippen molar-refractivity contribution in [1.82, 2.24) is 10.2 Å². The second-order valence-corrected chi connectivity index (χ2v) is 6.69. The van der Waals surface area contributed by atoms with Crippen molar-refractivity contribution in [3.8, 4) is 0 Å². The number of carbonyl (C=O) groups is 1. The molecular formula is C18H27N3O2. The van der Waals surface area contributed by atoms with Gasteiger partial charge in [0.2, 0.25) is 0 Å². The van der Waals surface area contributed by atoms with Crippen molar-refractivity contribution in [2.45, 2.75) is 37.6 Å². The molecule has 0 unspecified atom stereocenters. The molecule has 0 radical (unpaired) electrons. The van der Waals surface area contributed by atoms with Crippen molar-refractivity contribution < 1.29 is 9.53 Å². The normalized spacial score (nSPS) is 21.7. The Morgan fingerprint density at radius 1 is 1.13 bits per heavy atom. The maximum atomic E-state index is 12.4. The van der Waals surface area contributed by atoms with E-state index >= 15 is 0 Å². The number of nitrogens with two attached hydrogens (primary N) is 1. The molecule has 1 aliphatic heterocycles. The maximum Gasteiger partial charge on any atom is 0.251 e. The number of nitrogen functional groups attached to an aromatic ring is 1. The molecule has 5 nitrogen and oxygen atoms in total. The monoisotopic (exact) mass is 317 g/mol. The molecule has 5 heteroatoms. The van der Waals surface area contributed by atoms with Gasteiger partial charge < -0.3 is 15.8 Å². The summed E-state index contributed by atoms with van der Waals surface area (Å²) in [5, 5.41) is 3.16. The lowest BCUT2D eigenvalue weighted by Crippen LogP contribution is -2.59. The Hall–Kier alpha value is -1.59. The van der Waals surface area contributed by atoms with E-state index in [4.69, 9.17) is 10.5 Å². The largest absolute Gasteiger partial charge is 0.399 e. The summed E-state index contributed by atoms with van der Waals surface area (Å²) in [6, 6.07) is 7.11. The highest BCUT2D eigenvalue weighted by Gasteiger charge is 2.38. The van der Waals surface area contributed by atoms with Crippen LogP contribution < -0.4 is 11.1 Å². The topological polar surface area (TPSA) is 67.6 Å². The zero-order valence-corrected chi connectivity index (χ0v) is 13.7. The number of nitrogens with zero attached hydrogens (tertiary/aromatic N) is 1. The summed E-state index contributed by atoms with van der Waals surface area (Å²) < 4.78 is 5.50. The number of benzene rings is 1. The Kier molecular flexibility index (Phi) is 5.18. The second kappa shape index (κ2) is 7.32. The molecule has 1 saturated heterocycles. The zero-order valence-electron chi connectivity index (χ0n) is 13.7. The van der Waals surface area contributed by atoms with E-state index in [1.165, 1.54) is 19.3 Å². The van der Waals surface area contributed by atoms with Gasteiger partial charge in [-0.15, -0.1) is 0 Å². The van der Waals surface area contributed by atoms with Crippen LogP contribution in [0.3, 0.4) is 0 Å². The molecule has 0 bridgehead atoms. The summed E-state index contributed by atoms with van der Waals surface area (Å²) in [6.45, 7) is 4.26. The fourth-order valence-corrected chi connectivity index (χ4v) is 3.83. The number of hydrogen-bond acceptors (Lipinski definition) is 4. The fraction of sp³-hybridized carbons (Fsp3) is 0.611. The lowest BCUT2D eigenvalue weighted by atomic mass is 9.79. The van der Waals surface area contributed by atoms with Gasteiger partial charge in [-0.2, -0.15) is 0 Å². The van der Waals surface area contributed by atoms with Crippen LogP contribution in [0.2, 0.25) is 0 Å². The zero-order chi connectivity index (χ0) is 16.1. The Bertz CT molecular complexity index is 518. The summed E-state index contributed by atoms with van der Waals surface area (Å²) >= 11 is 0. The quantitative estimate of drug-likeness (QED) is 0.834.